The van der Waals surface area contributed by atoms with E-state index in [2.05, 4.69) is 0 Å². The number of rotatable bonds is 5. The highest BCUT2D eigenvalue weighted by molar-refractivity contribution is 6.02. The Morgan fingerprint density at radius 3 is 2.48 bits per heavy atom. The largest absolute Gasteiger partial charge is 0.465 e. The van der Waals surface area contributed by atoms with Crippen LogP contribution < -0.4 is 0 Å². The molecule has 7 heteroatoms. The van der Waals surface area contributed by atoms with Crippen molar-refractivity contribution in [1.82, 2.24) is 0 Å². The predicted octanol–water partition coefficient (Wildman–Crippen LogP) is 1.81. The van der Waals surface area contributed by atoms with Crippen LogP contribution in [0.25, 0.3) is 0 Å². The van der Waals surface area contributed by atoms with Crippen LogP contribution in [-0.4, -0.2) is 41.5 Å². The molecule has 2 saturated heterocycles. The maximum absolute atomic E-state index is 12.4. The molecule has 2 aliphatic heterocycles. The van der Waals surface area contributed by atoms with Crippen molar-refractivity contribution in [3.63, 3.8) is 0 Å². The Kier molecular flexibility index (Phi) is 5.25. The molecule has 0 spiro atoms. The molecule has 3 rings (SSSR count). The molecular weight excluding hydrogens is 328 g/mol. The van der Waals surface area contributed by atoms with Crippen LogP contribution in [0.1, 0.15) is 53.9 Å². The summed E-state index contributed by atoms with van der Waals surface area (Å²) in [4.78, 5) is 49.1. The Labute approximate surface area is 147 Å². The number of carbonyl (C=O) groups excluding carboxylic acids is 4. The number of esters is 3. The molecule has 0 N–H and O–H groups in total. The van der Waals surface area contributed by atoms with Gasteiger partial charge in [0.05, 0.1) is 24.9 Å². The number of hydrogen-bond acceptors (Lipinski definition) is 7. The molecule has 1 aliphatic carbocycles. The van der Waals surface area contributed by atoms with Crippen molar-refractivity contribution in [2.24, 2.45) is 17.8 Å². The van der Waals surface area contributed by atoms with Gasteiger partial charge >= 0.3 is 17.9 Å². The number of ether oxygens (including phenoxy) is 3. The van der Waals surface area contributed by atoms with Gasteiger partial charge in [-0.2, -0.15) is 0 Å². The summed E-state index contributed by atoms with van der Waals surface area (Å²) >= 11 is 0. The van der Waals surface area contributed by atoms with E-state index in [-0.39, 0.29) is 37.6 Å². The molecule has 0 aromatic rings. The van der Waals surface area contributed by atoms with E-state index < -0.39 is 40.9 Å². The van der Waals surface area contributed by atoms with Gasteiger partial charge in [0, 0.05) is 12.8 Å². The van der Waals surface area contributed by atoms with E-state index in [1.165, 1.54) is 0 Å². The van der Waals surface area contributed by atoms with Gasteiger partial charge in [0.25, 0.3) is 0 Å². The molecule has 0 aromatic heterocycles. The summed E-state index contributed by atoms with van der Waals surface area (Å²) in [6.07, 6.45) is -0.517. The Morgan fingerprint density at radius 1 is 1.28 bits per heavy atom. The van der Waals surface area contributed by atoms with Crippen LogP contribution in [0.3, 0.4) is 0 Å². The average molecular weight is 354 g/mol. The van der Waals surface area contributed by atoms with E-state index in [0.29, 0.717) is 0 Å². The fourth-order valence-corrected chi connectivity index (χ4v) is 3.17. The highest BCUT2D eigenvalue weighted by Gasteiger charge is 2.61. The third-order valence-corrected chi connectivity index (χ3v) is 4.26. The molecule has 2 heterocycles. The fourth-order valence-electron chi connectivity index (χ4n) is 3.17. The minimum absolute atomic E-state index is 0.0294. The van der Waals surface area contributed by atoms with Gasteiger partial charge < -0.3 is 14.2 Å². The molecule has 140 valence electrons. The average Bonchev–Trinajstić information content (AvgIpc) is 2.43. The van der Waals surface area contributed by atoms with Gasteiger partial charge in [-0.25, -0.2) is 0 Å². The zero-order chi connectivity index (χ0) is 19.0. The molecule has 2 bridgehead atoms. The number of Topliss-reactive ketones (excluding diaryl/α,β-unsaturated/α-hetero) is 1. The standard InChI is InChI=1S/C18H26O7/c1-10(2)9-23-15(21)12-7-18(8-14(20)24-17(3,4)5)13(19)6-11(12)16(22)25-18/h10-12H,6-9H2,1-5H3/t11-,12-,18+/m0/s1. The molecule has 1 saturated carbocycles. The smallest absolute Gasteiger partial charge is 0.311 e. The van der Waals surface area contributed by atoms with Gasteiger partial charge in [-0.05, 0) is 26.7 Å². The van der Waals surface area contributed by atoms with Crippen LogP contribution in [0, 0.1) is 17.8 Å². The quantitative estimate of drug-likeness (QED) is 0.549. The summed E-state index contributed by atoms with van der Waals surface area (Å²) in [7, 11) is 0. The number of ketones is 1. The minimum Gasteiger partial charge on any atom is -0.465 e. The molecule has 3 aliphatic rings. The number of fused-ring (bicyclic) bond motifs is 3. The Bertz CT molecular complexity index is 587. The van der Waals surface area contributed by atoms with Gasteiger partial charge in [-0.1, -0.05) is 13.8 Å². The van der Waals surface area contributed by atoms with E-state index >= 15 is 0 Å². The normalized spacial score (nSPS) is 28.7. The summed E-state index contributed by atoms with van der Waals surface area (Å²) in [6, 6.07) is 0. The second-order valence-electron chi connectivity index (χ2n) is 8.25. The van der Waals surface area contributed by atoms with E-state index in [1.807, 2.05) is 13.8 Å². The third kappa shape index (κ3) is 4.38. The molecular formula is C18H26O7. The Morgan fingerprint density at radius 2 is 1.92 bits per heavy atom. The monoisotopic (exact) mass is 354 g/mol. The highest BCUT2D eigenvalue weighted by Crippen LogP contribution is 2.46. The maximum atomic E-state index is 12.4. The lowest BCUT2D eigenvalue weighted by Gasteiger charge is -2.46. The first kappa shape index (κ1) is 19.4. The van der Waals surface area contributed by atoms with E-state index in [4.69, 9.17) is 14.2 Å². The molecule has 7 nitrogen and oxygen atoms in total. The van der Waals surface area contributed by atoms with Crippen LogP contribution in [0.2, 0.25) is 0 Å². The lowest BCUT2D eigenvalue weighted by Crippen LogP contribution is -2.61. The molecule has 25 heavy (non-hydrogen) atoms. The van der Waals surface area contributed by atoms with Crippen LogP contribution in [0.5, 0.6) is 0 Å². The SMILES string of the molecule is CC(C)COC(=O)[C@H]1C[C@]2(CC(=O)OC(C)(C)C)OC(=O)[C@H]1CC2=O. The van der Waals surface area contributed by atoms with Crippen molar-refractivity contribution in [3.05, 3.63) is 0 Å². The molecule has 0 aromatic carbocycles. The summed E-state index contributed by atoms with van der Waals surface area (Å²) in [5, 5.41) is 0. The summed E-state index contributed by atoms with van der Waals surface area (Å²) in [5.74, 6) is -3.54. The summed E-state index contributed by atoms with van der Waals surface area (Å²) < 4.78 is 15.8. The first-order chi connectivity index (χ1) is 11.4. The first-order valence-electron chi connectivity index (χ1n) is 8.58. The van der Waals surface area contributed by atoms with Crippen molar-refractivity contribution in [3.8, 4) is 0 Å². The van der Waals surface area contributed by atoms with E-state index in [1.54, 1.807) is 20.8 Å². The molecule has 3 atom stereocenters. The van der Waals surface area contributed by atoms with Gasteiger partial charge in [0.15, 0.2) is 11.4 Å². The van der Waals surface area contributed by atoms with Gasteiger partial charge in [-0.15, -0.1) is 0 Å². The maximum Gasteiger partial charge on any atom is 0.311 e. The zero-order valence-electron chi connectivity index (χ0n) is 15.4. The number of hydrogen-bond donors (Lipinski definition) is 0. The first-order valence-corrected chi connectivity index (χ1v) is 8.58. The molecule has 0 radical (unpaired) electrons. The fraction of sp³-hybridized carbons (Fsp3) is 0.778. The molecule has 0 amide bonds. The van der Waals surface area contributed by atoms with Crippen LogP contribution >= 0.6 is 0 Å². The molecule has 0 unspecified atom stereocenters. The van der Waals surface area contributed by atoms with Crippen LogP contribution in [0.15, 0.2) is 0 Å². The second kappa shape index (κ2) is 6.77. The highest BCUT2D eigenvalue weighted by atomic mass is 16.6. The van der Waals surface area contributed by atoms with E-state index in [9.17, 15) is 19.2 Å². The topological polar surface area (TPSA) is 96.0 Å². The van der Waals surface area contributed by atoms with Crippen molar-refractivity contribution >= 4 is 23.7 Å². The van der Waals surface area contributed by atoms with Crippen molar-refractivity contribution in [2.75, 3.05) is 6.61 Å². The summed E-state index contributed by atoms with van der Waals surface area (Å²) in [5.41, 5.74) is -2.34. The van der Waals surface area contributed by atoms with Crippen molar-refractivity contribution in [2.45, 2.75) is 65.1 Å². The van der Waals surface area contributed by atoms with Crippen LogP contribution in [0.4, 0.5) is 0 Å². The van der Waals surface area contributed by atoms with Gasteiger partial charge in [0.1, 0.15) is 5.60 Å². The predicted molar refractivity (Wildman–Crippen MR) is 86.3 cm³/mol. The van der Waals surface area contributed by atoms with E-state index in [0.717, 1.165) is 0 Å². The third-order valence-electron chi connectivity index (χ3n) is 4.26. The van der Waals surface area contributed by atoms with Gasteiger partial charge in [-0.3, -0.25) is 19.2 Å². The van der Waals surface area contributed by atoms with Gasteiger partial charge in [0.2, 0.25) is 0 Å². The number of carbonyl (C=O) groups is 4. The second-order valence-corrected chi connectivity index (χ2v) is 8.25. The van der Waals surface area contributed by atoms with Crippen molar-refractivity contribution < 1.29 is 33.4 Å². The lowest BCUT2D eigenvalue weighted by atomic mass is 9.66. The Balaban J connectivity index is 2.16. The summed E-state index contributed by atoms with van der Waals surface area (Å²) in [6.45, 7) is 9.18. The van der Waals surface area contributed by atoms with Crippen LogP contribution in [-0.2, 0) is 33.4 Å². The minimum atomic E-state index is -1.62. The zero-order valence-corrected chi connectivity index (χ0v) is 15.4. The Hall–Kier alpha value is -1.92. The molecule has 3 fully saturated rings. The lowest BCUT2D eigenvalue weighted by molar-refractivity contribution is -0.207. The van der Waals surface area contributed by atoms with Crippen molar-refractivity contribution in [1.29, 1.82) is 0 Å².